The fourth-order valence-electron chi connectivity index (χ4n) is 1.60. The fraction of sp³-hybridized carbons (Fsp3) is 0.417. The molecule has 0 bridgehead atoms. The molecule has 1 aromatic carbocycles. The molecule has 0 aliphatic carbocycles. The van der Waals surface area contributed by atoms with Crippen LogP contribution in [-0.2, 0) is 11.2 Å². The predicted molar refractivity (Wildman–Crippen MR) is 67.4 cm³/mol. The van der Waals surface area contributed by atoms with Gasteiger partial charge in [0.25, 0.3) is 0 Å². The summed E-state index contributed by atoms with van der Waals surface area (Å²) in [5.41, 5.74) is 6.20. The van der Waals surface area contributed by atoms with Gasteiger partial charge in [-0.3, -0.25) is 4.79 Å². The first kappa shape index (κ1) is 14.9. The summed E-state index contributed by atoms with van der Waals surface area (Å²) in [4.78, 5) is 10.6. The highest BCUT2D eigenvalue weighted by Gasteiger charge is 2.18. The van der Waals surface area contributed by atoms with E-state index in [9.17, 15) is 15.0 Å². The molecule has 0 aliphatic heterocycles. The summed E-state index contributed by atoms with van der Waals surface area (Å²) in [5, 5.41) is 28.4. The number of benzene rings is 1. The first-order valence-corrected chi connectivity index (χ1v) is 5.89. The maximum atomic E-state index is 10.6. The van der Waals surface area contributed by atoms with E-state index in [-0.39, 0.29) is 24.4 Å². The molecular formula is C12H16ClNO4. The van der Waals surface area contributed by atoms with Gasteiger partial charge < -0.3 is 21.1 Å². The Morgan fingerprint density at radius 3 is 2.56 bits per heavy atom. The first-order valence-electron chi connectivity index (χ1n) is 5.52. The van der Waals surface area contributed by atoms with Crippen molar-refractivity contribution in [1.82, 2.24) is 0 Å². The van der Waals surface area contributed by atoms with E-state index in [2.05, 4.69) is 0 Å². The van der Waals surface area contributed by atoms with Gasteiger partial charge in [-0.15, -0.1) is 0 Å². The maximum Gasteiger partial charge on any atom is 0.307 e. The minimum atomic E-state index is -1.08. The zero-order chi connectivity index (χ0) is 13.7. The Morgan fingerprint density at radius 1 is 1.39 bits per heavy atom. The molecule has 0 spiro atoms. The number of aliphatic hydroxyl groups is 2. The molecule has 0 fully saturated rings. The van der Waals surface area contributed by atoms with Crippen LogP contribution >= 0.6 is 11.6 Å². The Bertz CT molecular complexity index is 425. The van der Waals surface area contributed by atoms with Crippen LogP contribution in [-0.4, -0.2) is 33.9 Å². The molecule has 0 radical (unpaired) electrons. The molecule has 6 heteroatoms. The molecular weight excluding hydrogens is 258 g/mol. The summed E-state index contributed by atoms with van der Waals surface area (Å²) >= 11 is 5.92. The van der Waals surface area contributed by atoms with E-state index >= 15 is 0 Å². The number of hydrogen-bond donors (Lipinski definition) is 4. The van der Waals surface area contributed by atoms with E-state index in [1.54, 1.807) is 6.07 Å². The first-order chi connectivity index (χ1) is 8.45. The summed E-state index contributed by atoms with van der Waals surface area (Å²) in [5.74, 6) is -0.978. The molecule has 2 atom stereocenters. The quantitative estimate of drug-likeness (QED) is 0.611. The number of carbonyl (C=O) groups is 1. The summed E-state index contributed by atoms with van der Waals surface area (Å²) in [6.07, 6.45) is -1.95. The summed E-state index contributed by atoms with van der Waals surface area (Å²) in [7, 11) is 0. The number of halogens is 1. The molecule has 1 aromatic rings. The molecule has 1 rings (SSSR count). The van der Waals surface area contributed by atoms with E-state index in [4.69, 9.17) is 22.4 Å². The van der Waals surface area contributed by atoms with Crippen LogP contribution in [0.3, 0.4) is 0 Å². The summed E-state index contributed by atoms with van der Waals surface area (Å²) in [6.45, 7) is 0.267. The Morgan fingerprint density at radius 2 is 2.06 bits per heavy atom. The Kier molecular flexibility index (Phi) is 5.55. The largest absolute Gasteiger partial charge is 0.481 e. The lowest BCUT2D eigenvalue weighted by molar-refractivity contribution is -0.136. The van der Waals surface area contributed by atoms with Gasteiger partial charge >= 0.3 is 5.97 Å². The molecule has 0 aliphatic rings. The number of rotatable bonds is 6. The molecule has 0 amide bonds. The van der Waals surface area contributed by atoms with Crippen molar-refractivity contribution >= 4 is 17.6 Å². The molecule has 0 saturated heterocycles. The lowest BCUT2D eigenvalue weighted by Gasteiger charge is -2.18. The zero-order valence-electron chi connectivity index (χ0n) is 9.71. The van der Waals surface area contributed by atoms with E-state index in [0.29, 0.717) is 11.1 Å². The molecule has 5 N–H and O–H groups in total. The van der Waals surface area contributed by atoms with Crippen molar-refractivity contribution in [3.05, 3.63) is 34.3 Å². The van der Waals surface area contributed by atoms with Gasteiger partial charge in [0.1, 0.15) is 6.10 Å². The number of nitrogens with two attached hydrogens (primary N) is 1. The Hall–Kier alpha value is -1.14. The molecule has 2 unspecified atom stereocenters. The van der Waals surface area contributed by atoms with Crippen molar-refractivity contribution in [2.24, 2.45) is 5.73 Å². The lowest BCUT2D eigenvalue weighted by Crippen LogP contribution is -2.21. The monoisotopic (exact) mass is 273 g/mol. The zero-order valence-corrected chi connectivity index (χ0v) is 10.5. The highest BCUT2D eigenvalue weighted by atomic mass is 35.5. The van der Waals surface area contributed by atoms with Crippen molar-refractivity contribution < 1.29 is 20.1 Å². The average molecular weight is 274 g/mol. The van der Waals surface area contributed by atoms with Crippen LogP contribution in [0.5, 0.6) is 0 Å². The van der Waals surface area contributed by atoms with Crippen LogP contribution in [0.2, 0.25) is 5.02 Å². The van der Waals surface area contributed by atoms with Crippen molar-refractivity contribution in [3.63, 3.8) is 0 Å². The number of hydrogen-bond acceptors (Lipinski definition) is 4. The van der Waals surface area contributed by atoms with Gasteiger partial charge in [-0.05, 0) is 30.2 Å². The van der Waals surface area contributed by atoms with Crippen molar-refractivity contribution in [3.8, 4) is 0 Å². The Balaban J connectivity index is 2.86. The van der Waals surface area contributed by atoms with E-state index in [1.165, 1.54) is 12.1 Å². The molecule has 5 nitrogen and oxygen atoms in total. The summed E-state index contributed by atoms with van der Waals surface area (Å²) in [6, 6.07) is 4.54. The van der Waals surface area contributed by atoms with Crippen molar-refractivity contribution in [2.75, 3.05) is 6.54 Å². The van der Waals surface area contributed by atoms with Crippen LogP contribution in [0.25, 0.3) is 0 Å². The molecule has 100 valence electrons. The molecule has 0 saturated carbocycles. The maximum absolute atomic E-state index is 10.6. The van der Waals surface area contributed by atoms with Crippen LogP contribution in [0, 0.1) is 0 Å². The molecule has 18 heavy (non-hydrogen) atoms. The third kappa shape index (κ3) is 3.96. The smallest absolute Gasteiger partial charge is 0.307 e. The SMILES string of the molecule is NCCC(O)C(O)c1ccc(CC(=O)O)c(Cl)c1. The normalized spacial score (nSPS) is 14.2. The van der Waals surface area contributed by atoms with Gasteiger partial charge in [-0.1, -0.05) is 23.7 Å². The van der Waals surface area contributed by atoms with Crippen molar-refractivity contribution in [1.29, 1.82) is 0 Å². The number of carboxylic acid groups (broad SMARTS) is 1. The average Bonchev–Trinajstić information content (AvgIpc) is 2.30. The van der Waals surface area contributed by atoms with E-state index in [1.807, 2.05) is 0 Å². The third-order valence-electron chi connectivity index (χ3n) is 2.59. The fourth-order valence-corrected chi connectivity index (χ4v) is 1.86. The van der Waals surface area contributed by atoms with E-state index < -0.39 is 18.2 Å². The second kappa shape index (κ2) is 6.70. The Labute approximate surface area is 110 Å². The number of carboxylic acids is 1. The summed E-state index contributed by atoms with van der Waals surface area (Å²) < 4.78 is 0. The van der Waals surface area contributed by atoms with Crippen LogP contribution in [0.4, 0.5) is 0 Å². The topological polar surface area (TPSA) is 104 Å². The second-order valence-electron chi connectivity index (χ2n) is 4.01. The minimum Gasteiger partial charge on any atom is -0.481 e. The van der Waals surface area contributed by atoms with Gasteiger partial charge in [-0.2, -0.15) is 0 Å². The van der Waals surface area contributed by atoms with Crippen LogP contribution in [0.15, 0.2) is 18.2 Å². The number of aliphatic carboxylic acids is 1. The van der Waals surface area contributed by atoms with E-state index in [0.717, 1.165) is 0 Å². The van der Waals surface area contributed by atoms with Crippen LogP contribution in [0.1, 0.15) is 23.7 Å². The van der Waals surface area contributed by atoms with Gasteiger partial charge in [-0.25, -0.2) is 0 Å². The molecule has 0 heterocycles. The predicted octanol–water partition coefficient (Wildman–Crippen LogP) is 0.710. The minimum absolute atomic E-state index is 0.180. The highest BCUT2D eigenvalue weighted by molar-refractivity contribution is 6.31. The lowest BCUT2D eigenvalue weighted by atomic mass is 10.00. The second-order valence-corrected chi connectivity index (χ2v) is 4.42. The third-order valence-corrected chi connectivity index (χ3v) is 2.94. The van der Waals surface area contributed by atoms with Gasteiger partial charge in [0.05, 0.1) is 12.5 Å². The highest BCUT2D eigenvalue weighted by Crippen LogP contribution is 2.25. The van der Waals surface area contributed by atoms with Crippen molar-refractivity contribution in [2.45, 2.75) is 25.0 Å². The van der Waals surface area contributed by atoms with Gasteiger partial charge in [0.2, 0.25) is 0 Å². The molecule has 0 aromatic heterocycles. The number of aliphatic hydroxyl groups excluding tert-OH is 2. The standard InChI is InChI=1S/C12H16ClNO4/c13-9-5-8(12(18)10(15)3-4-14)2-1-7(9)6-11(16)17/h1-2,5,10,12,15,18H,3-4,6,14H2,(H,16,17). The van der Waals surface area contributed by atoms with Gasteiger partial charge in [0.15, 0.2) is 0 Å². The van der Waals surface area contributed by atoms with Gasteiger partial charge in [0, 0.05) is 5.02 Å². The van der Waals surface area contributed by atoms with Crippen LogP contribution < -0.4 is 5.73 Å².